The summed E-state index contributed by atoms with van der Waals surface area (Å²) in [6.45, 7) is -0.328. The highest BCUT2D eigenvalue weighted by atomic mass is 32.2. The Bertz CT molecular complexity index is 547. The number of anilines is 1. The smallest absolute Gasteiger partial charge is 0.307 e. The number of esters is 1. The van der Waals surface area contributed by atoms with Crippen LogP contribution in [-0.2, 0) is 19.1 Å². The number of ether oxygens (including phenoxy) is 1. The Balaban J connectivity index is 1.92. The third-order valence-corrected chi connectivity index (χ3v) is 3.98. The van der Waals surface area contributed by atoms with Gasteiger partial charge in [0.1, 0.15) is 0 Å². The molecule has 1 aromatic carbocycles. The van der Waals surface area contributed by atoms with E-state index in [2.05, 4.69) is 10.6 Å². The summed E-state index contributed by atoms with van der Waals surface area (Å²) >= 11 is 1.32. The van der Waals surface area contributed by atoms with Crippen molar-refractivity contribution in [2.24, 2.45) is 0 Å². The lowest BCUT2D eigenvalue weighted by molar-refractivity contribution is -0.148. The van der Waals surface area contributed by atoms with Crippen LogP contribution in [0.2, 0.25) is 0 Å². The van der Waals surface area contributed by atoms with E-state index >= 15 is 0 Å². The SMILES string of the molecule is CNC(=O)COC(=O)C[C@H]1Sc2ccccc2NC1=O. The lowest BCUT2D eigenvalue weighted by Crippen LogP contribution is -2.32. The van der Waals surface area contributed by atoms with Gasteiger partial charge in [0.25, 0.3) is 5.91 Å². The maximum Gasteiger partial charge on any atom is 0.307 e. The summed E-state index contributed by atoms with van der Waals surface area (Å²) in [7, 11) is 1.46. The molecular formula is C13H14N2O4S. The molecule has 0 fully saturated rings. The molecule has 20 heavy (non-hydrogen) atoms. The number of nitrogens with one attached hydrogen (secondary N) is 2. The molecule has 2 rings (SSSR count). The number of rotatable bonds is 4. The van der Waals surface area contributed by atoms with Crippen LogP contribution in [0.3, 0.4) is 0 Å². The predicted octanol–water partition coefficient (Wildman–Crippen LogP) is 0.779. The van der Waals surface area contributed by atoms with Crippen molar-refractivity contribution in [2.75, 3.05) is 19.0 Å². The van der Waals surface area contributed by atoms with Crippen molar-refractivity contribution in [3.63, 3.8) is 0 Å². The van der Waals surface area contributed by atoms with Crippen LogP contribution in [0.25, 0.3) is 0 Å². The summed E-state index contributed by atoms with van der Waals surface area (Å²) in [6.07, 6.45) is -0.0676. The van der Waals surface area contributed by atoms with E-state index in [0.717, 1.165) is 10.6 Å². The molecule has 1 aliphatic heterocycles. The van der Waals surface area contributed by atoms with Gasteiger partial charge in [-0.05, 0) is 12.1 Å². The van der Waals surface area contributed by atoms with Crippen LogP contribution >= 0.6 is 11.8 Å². The Morgan fingerprint density at radius 3 is 2.90 bits per heavy atom. The summed E-state index contributed by atoms with van der Waals surface area (Å²) in [5.41, 5.74) is 0.748. The van der Waals surface area contributed by atoms with E-state index in [0.29, 0.717) is 0 Å². The van der Waals surface area contributed by atoms with E-state index in [1.807, 2.05) is 18.2 Å². The minimum absolute atomic E-state index is 0.0676. The fourth-order valence-corrected chi connectivity index (χ4v) is 2.75. The summed E-state index contributed by atoms with van der Waals surface area (Å²) in [5.74, 6) is -1.18. The van der Waals surface area contributed by atoms with Crippen molar-refractivity contribution in [1.29, 1.82) is 0 Å². The average molecular weight is 294 g/mol. The van der Waals surface area contributed by atoms with E-state index in [-0.39, 0.29) is 24.8 Å². The van der Waals surface area contributed by atoms with Gasteiger partial charge in [-0.1, -0.05) is 12.1 Å². The van der Waals surface area contributed by atoms with Crippen LogP contribution in [0, 0.1) is 0 Å². The zero-order valence-electron chi connectivity index (χ0n) is 10.8. The topological polar surface area (TPSA) is 84.5 Å². The normalized spacial score (nSPS) is 16.9. The van der Waals surface area contributed by atoms with Gasteiger partial charge >= 0.3 is 5.97 Å². The van der Waals surface area contributed by atoms with Gasteiger partial charge < -0.3 is 15.4 Å². The number of hydrogen-bond acceptors (Lipinski definition) is 5. The Morgan fingerprint density at radius 1 is 1.40 bits per heavy atom. The van der Waals surface area contributed by atoms with Gasteiger partial charge in [-0.2, -0.15) is 0 Å². The third-order valence-electron chi connectivity index (χ3n) is 2.70. The fraction of sp³-hybridized carbons (Fsp3) is 0.308. The van der Waals surface area contributed by atoms with Crippen LogP contribution in [0.5, 0.6) is 0 Å². The van der Waals surface area contributed by atoms with Gasteiger partial charge in [-0.25, -0.2) is 0 Å². The van der Waals surface area contributed by atoms with Crippen molar-refractivity contribution in [1.82, 2.24) is 5.32 Å². The molecule has 1 atom stereocenters. The molecule has 1 aromatic rings. The monoisotopic (exact) mass is 294 g/mol. The maximum absolute atomic E-state index is 11.9. The summed E-state index contributed by atoms with van der Waals surface area (Å²) in [5, 5.41) is 4.55. The number of para-hydroxylation sites is 1. The molecule has 0 bridgehead atoms. The molecule has 0 saturated carbocycles. The zero-order valence-corrected chi connectivity index (χ0v) is 11.7. The summed E-state index contributed by atoms with van der Waals surface area (Å²) < 4.78 is 4.79. The zero-order chi connectivity index (χ0) is 14.5. The molecule has 0 aromatic heterocycles. The van der Waals surface area contributed by atoms with Crippen LogP contribution in [-0.4, -0.2) is 36.7 Å². The lowest BCUT2D eigenvalue weighted by Gasteiger charge is -2.23. The van der Waals surface area contributed by atoms with Crippen LogP contribution in [0.15, 0.2) is 29.2 Å². The second-order valence-corrected chi connectivity index (χ2v) is 5.37. The number of hydrogen-bond donors (Lipinski definition) is 2. The Hall–Kier alpha value is -2.02. The van der Waals surface area contributed by atoms with Crippen molar-refractivity contribution < 1.29 is 19.1 Å². The highest BCUT2D eigenvalue weighted by molar-refractivity contribution is 8.01. The molecule has 0 aliphatic carbocycles. The molecule has 106 valence electrons. The highest BCUT2D eigenvalue weighted by Gasteiger charge is 2.29. The molecular weight excluding hydrogens is 280 g/mol. The molecule has 6 nitrogen and oxygen atoms in total. The second kappa shape index (κ2) is 6.42. The molecule has 0 spiro atoms. The van der Waals surface area contributed by atoms with Gasteiger partial charge in [0.2, 0.25) is 5.91 Å². The first-order valence-electron chi connectivity index (χ1n) is 6.03. The number of carbonyl (C=O) groups excluding carboxylic acids is 3. The molecule has 0 unspecified atom stereocenters. The minimum Gasteiger partial charge on any atom is -0.456 e. The van der Waals surface area contributed by atoms with E-state index in [1.165, 1.54) is 18.8 Å². The first-order valence-corrected chi connectivity index (χ1v) is 6.91. The van der Waals surface area contributed by atoms with E-state index in [1.54, 1.807) is 6.07 Å². The summed E-state index contributed by atoms with van der Waals surface area (Å²) in [6, 6.07) is 7.38. The van der Waals surface area contributed by atoms with Crippen LogP contribution in [0.1, 0.15) is 6.42 Å². The minimum atomic E-state index is -0.569. The number of thioether (sulfide) groups is 1. The second-order valence-electron chi connectivity index (χ2n) is 4.13. The number of amides is 2. The van der Waals surface area contributed by atoms with Gasteiger partial charge in [0, 0.05) is 11.9 Å². The van der Waals surface area contributed by atoms with Gasteiger partial charge in [0.05, 0.1) is 17.4 Å². The largest absolute Gasteiger partial charge is 0.456 e. The Morgan fingerprint density at radius 2 is 2.15 bits per heavy atom. The number of likely N-dealkylation sites (N-methyl/N-ethyl adjacent to an activating group) is 1. The van der Waals surface area contributed by atoms with Gasteiger partial charge in [0.15, 0.2) is 6.61 Å². The van der Waals surface area contributed by atoms with Crippen molar-refractivity contribution in [2.45, 2.75) is 16.6 Å². The lowest BCUT2D eigenvalue weighted by atomic mass is 10.2. The van der Waals surface area contributed by atoms with Crippen LogP contribution in [0.4, 0.5) is 5.69 Å². The molecule has 7 heteroatoms. The van der Waals surface area contributed by atoms with Gasteiger partial charge in [-0.3, -0.25) is 14.4 Å². The first-order chi connectivity index (χ1) is 9.60. The molecule has 2 N–H and O–H groups in total. The van der Waals surface area contributed by atoms with Crippen molar-refractivity contribution in [3.05, 3.63) is 24.3 Å². The van der Waals surface area contributed by atoms with Gasteiger partial charge in [-0.15, -0.1) is 11.8 Å². The van der Waals surface area contributed by atoms with E-state index in [4.69, 9.17) is 4.74 Å². The standard InChI is InChI=1S/C13H14N2O4S/c1-14-11(16)7-19-12(17)6-10-13(18)15-8-4-2-3-5-9(8)20-10/h2-5,10H,6-7H2,1H3,(H,14,16)(H,15,18)/t10-/m1/s1. The van der Waals surface area contributed by atoms with Crippen molar-refractivity contribution in [3.8, 4) is 0 Å². The third kappa shape index (κ3) is 3.51. The number of carbonyl (C=O) groups is 3. The number of benzene rings is 1. The van der Waals surface area contributed by atoms with E-state index in [9.17, 15) is 14.4 Å². The predicted molar refractivity (Wildman–Crippen MR) is 74.4 cm³/mol. The van der Waals surface area contributed by atoms with Crippen LogP contribution < -0.4 is 10.6 Å². The Labute approximate surface area is 120 Å². The fourth-order valence-electron chi connectivity index (χ4n) is 1.66. The molecule has 1 heterocycles. The van der Waals surface area contributed by atoms with Crippen molar-refractivity contribution >= 4 is 35.2 Å². The van der Waals surface area contributed by atoms with E-state index < -0.39 is 11.2 Å². The molecule has 2 amide bonds. The first kappa shape index (κ1) is 14.4. The molecule has 0 saturated heterocycles. The summed E-state index contributed by atoms with van der Waals surface area (Å²) in [4.78, 5) is 35.3. The molecule has 1 aliphatic rings. The quantitative estimate of drug-likeness (QED) is 0.802. The Kier molecular flexibility index (Phi) is 4.62. The molecule has 0 radical (unpaired) electrons. The number of fused-ring (bicyclic) bond motifs is 1. The maximum atomic E-state index is 11.9. The highest BCUT2D eigenvalue weighted by Crippen LogP contribution is 2.36. The average Bonchev–Trinajstić information content (AvgIpc) is 2.45.